The molecular formula is C19H26S. The van der Waals surface area contributed by atoms with Crippen LogP contribution in [0.2, 0.25) is 0 Å². The molecule has 0 fully saturated rings. The largest absolute Gasteiger partial charge is 0.115 e. The summed E-state index contributed by atoms with van der Waals surface area (Å²) in [6.45, 7) is 13.0. The van der Waals surface area contributed by atoms with E-state index in [1.54, 1.807) is 0 Å². The molecule has 0 atom stereocenters. The summed E-state index contributed by atoms with van der Waals surface area (Å²) in [6.07, 6.45) is 8.74. The summed E-state index contributed by atoms with van der Waals surface area (Å²) in [5, 5.41) is 0. The molecule has 0 spiro atoms. The number of allylic oxidation sites excluding steroid dienone is 5. The van der Waals surface area contributed by atoms with Crippen LogP contribution in [-0.2, 0) is 0 Å². The lowest BCUT2D eigenvalue weighted by molar-refractivity contribution is 0.855. The molecule has 0 N–H and O–H groups in total. The Balaban J connectivity index is 3.01. The summed E-state index contributed by atoms with van der Waals surface area (Å²) in [5.74, 6) is 0. The van der Waals surface area contributed by atoms with Crippen LogP contribution in [-0.4, -0.2) is 4.75 Å². The van der Waals surface area contributed by atoms with Crippen molar-refractivity contribution >= 4 is 11.8 Å². The molecule has 0 aliphatic heterocycles. The van der Waals surface area contributed by atoms with Gasteiger partial charge in [0.15, 0.2) is 0 Å². The van der Waals surface area contributed by atoms with Gasteiger partial charge in [0.05, 0.1) is 0 Å². The second-order valence-electron chi connectivity index (χ2n) is 5.79. The van der Waals surface area contributed by atoms with Crippen LogP contribution in [0.3, 0.4) is 0 Å². The van der Waals surface area contributed by atoms with E-state index in [9.17, 15) is 0 Å². The predicted octanol–water partition coefficient (Wildman–Crippen LogP) is 6.33. The van der Waals surface area contributed by atoms with E-state index in [0.717, 1.165) is 0 Å². The zero-order valence-corrected chi connectivity index (χ0v) is 14.3. The lowest BCUT2D eigenvalue weighted by Crippen LogP contribution is -2.16. The zero-order valence-electron chi connectivity index (χ0n) is 13.5. The Hall–Kier alpha value is -1.21. The van der Waals surface area contributed by atoms with Gasteiger partial charge in [0.25, 0.3) is 0 Å². The van der Waals surface area contributed by atoms with E-state index >= 15 is 0 Å². The average Bonchev–Trinajstić information content (AvgIpc) is 2.36. The minimum absolute atomic E-state index is 0.0493. The standard InChI is InChI=1S/C19H26S/c1-7-8-17(12-9-15(2)3)19(5,6)20-18-13-10-16(4)11-14-18/h7-14H,1-6H3. The lowest BCUT2D eigenvalue weighted by atomic mass is 10.0. The number of rotatable bonds is 5. The molecule has 0 saturated heterocycles. The monoisotopic (exact) mass is 286 g/mol. The fraction of sp³-hybridized carbons (Fsp3) is 0.368. The highest BCUT2D eigenvalue weighted by atomic mass is 32.2. The van der Waals surface area contributed by atoms with E-state index in [-0.39, 0.29) is 4.75 Å². The maximum absolute atomic E-state index is 2.28. The van der Waals surface area contributed by atoms with Gasteiger partial charge >= 0.3 is 0 Å². The van der Waals surface area contributed by atoms with Crippen LogP contribution in [0.25, 0.3) is 0 Å². The summed E-state index contributed by atoms with van der Waals surface area (Å²) < 4.78 is 0.0493. The van der Waals surface area contributed by atoms with Crippen LogP contribution in [0.5, 0.6) is 0 Å². The van der Waals surface area contributed by atoms with Crippen LogP contribution in [0, 0.1) is 6.92 Å². The fourth-order valence-corrected chi connectivity index (χ4v) is 2.97. The first kappa shape index (κ1) is 16.8. The van der Waals surface area contributed by atoms with Gasteiger partial charge in [-0.1, -0.05) is 47.6 Å². The molecule has 1 aromatic carbocycles. The minimum atomic E-state index is 0.0493. The second-order valence-corrected chi connectivity index (χ2v) is 7.49. The SMILES string of the molecule is CC=CC(=CC=C(C)C)C(C)(C)Sc1ccc(C)cc1. The molecule has 0 heterocycles. The van der Waals surface area contributed by atoms with Gasteiger partial charge in [-0.3, -0.25) is 0 Å². The van der Waals surface area contributed by atoms with Gasteiger partial charge in [-0.15, -0.1) is 11.8 Å². The summed E-state index contributed by atoms with van der Waals surface area (Å²) in [4.78, 5) is 1.31. The molecule has 0 bridgehead atoms. The highest BCUT2D eigenvalue weighted by molar-refractivity contribution is 8.00. The molecule has 0 nitrogen and oxygen atoms in total. The molecule has 20 heavy (non-hydrogen) atoms. The fourth-order valence-electron chi connectivity index (χ4n) is 1.85. The van der Waals surface area contributed by atoms with E-state index in [1.165, 1.54) is 21.6 Å². The molecular weight excluding hydrogens is 260 g/mol. The smallest absolute Gasteiger partial charge is 0.0399 e. The van der Waals surface area contributed by atoms with E-state index in [4.69, 9.17) is 0 Å². The van der Waals surface area contributed by atoms with Gasteiger partial charge in [-0.25, -0.2) is 0 Å². The van der Waals surface area contributed by atoms with Crippen LogP contribution >= 0.6 is 11.8 Å². The first-order chi connectivity index (χ1) is 9.35. The summed E-state index contributed by atoms with van der Waals surface area (Å²) >= 11 is 1.91. The van der Waals surface area contributed by atoms with Crippen molar-refractivity contribution in [2.45, 2.75) is 51.2 Å². The highest BCUT2D eigenvalue weighted by Gasteiger charge is 2.22. The Kier molecular flexibility index (Phi) is 6.35. The predicted molar refractivity (Wildman–Crippen MR) is 93.4 cm³/mol. The Morgan fingerprint density at radius 3 is 2.15 bits per heavy atom. The number of hydrogen-bond donors (Lipinski definition) is 0. The van der Waals surface area contributed by atoms with Crippen molar-refractivity contribution in [2.75, 3.05) is 0 Å². The molecule has 1 heteroatoms. The molecule has 0 amide bonds. The third-order valence-electron chi connectivity index (χ3n) is 3.03. The van der Waals surface area contributed by atoms with Crippen LogP contribution in [0.1, 0.15) is 40.2 Å². The third kappa shape index (κ3) is 5.42. The summed E-state index contributed by atoms with van der Waals surface area (Å²) in [6, 6.07) is 8.76. The van der Waals surface area contributed by atoms with E-state index in [1.807, 2.05) is 11.8 Å². The van der Waals surface area contributed by atoms with Crippen molar-refractivity contribution < 1.29 is 0 Å². The normalized spacial score (nSPS) is 12.8. The van der Waals surface area contributed by atoms with Gasteiger partial charge < -0.3 is 0 Å². The van der Waals surface area contributed by atoms with Crippen LogP contribution < -0.4 is 0 Å². The van der Waals surface area contributed by atoms with Crippen molar-refractivity contribution in [1.82, 2.24) is 0 Å². The number of thioether (sulfide) groups is 1. The zero-order chi connectivity index (χ0) is 15.2. The molecule has 0 aliphatic carbocycles. The van der Waals surface area contributed by atoms with Gasteiger partial charge in [0.1, 0.15) is 0 Å². The quantitative estimate of drug-likeness (QED) is 0.450. The van der Waals surface area contributed by atoms with Crippen molar-refractivity contribution in [2.24, 2.45) is 0 Å². The maximum atomic E-state index is 2.28. The van der Waals surface area contributed by atoms with Crippen molar-refractivity contribution in [3.05, 3.63) is 65.3 Å². The van der Waals surface area contributed by atoms with Gasteiger partial charge in [0, 0.05) is 9.64 Å². The molecule has 1 aromatic rings. The van der Waals surface area contributed by atoms with Gasteiger partial charge in [-0.2, -0.15) is 0 Å². The number of hydrogen-bond acceptors (Lipinski definition) is 1. The maximum Gasteiger partial charge on any atom is 0.0399 e. The first-order valence-electron chi connectivity index (χ1n) is 7.09. The third-order valence-corrected chi connectivity index (χ3v) is 4.29. The topological polar surface area (TPSA) is 0 Å². The second kappa shape index (κ2) is 7.54. The molecule has 0 unspecified atom stereocenters. The van der Waals surface area contributed by atoms with E-state index < -0.39 is 0 Å². The lowest BCUT2D eigenvalue weighted by Gasteiger charge is -2.26. The highest BCUT2D eigenvalue weighted by Crippen LogP contribution is 2.38. The van der Waals surface area contributed by atoms with E-state index in [2.05, 4.69) is 90.1 Å². The van der Waals surface area contributed by atoms with Gasteiger partial charge in [-0.05, 0) is 59.2 Å². The summed E-state index contributed by atoms with van der Waals surface area (Å²) in [7, 11) is 0. The molecule has 0 radical (unpaired) electrons. The molecule has 0 saturated carbocycles. The summed E-state index contributed by atoms with van der Waals surface area (Å²) in [5.41, 5.74) is 3.97. The number of aryl methyl sites for hydroxylation is 1. The Bertz CT molecular complexity index is 509. The van der Waals surface area contributed by atoms with E-state index in [0.29, 0.717) is 0 Å². The Labute approximate surface area is 128 Å². The number of benzene rings is 1. The first-order valence-corrected chi connectivity index (χ1v) is 7.91. The van der Waals surface area contributed by atoms with Crippen molar-refractivity contribution in [1.29, 1.82) is 0 Å². The Morgan fingerprint density at radius 2 is 1.65 bits per heavy atom. The van der Waals surface area contributed by atoms with Crippen LogP contribution in [0.15, 0.2) is 64.6 Å². The molecule has 108 valence electrons. The Morgan fingerprint density at radius 1 is 1.05 bits per heavy atom. The average molecular weight is 286 g/mol. The van der Waals surface area contributed by atoms with Crippen molar-refractivity contribution in [3.63, 3.8) is 0 Å². The minimum Gasteiger partial charge on any atom is -0.115 e. The molecule has 1 rings (SSSR count). The van der Waals surface area contributed by atoms with Crippen LogP contribution in [0.4, 0.5) is 0 Å². The molecule has 0 aliphatic rings. The van der Waals surface area contributed by atoms with Gasteiger partial charge in [0.2, 0.25) is 0 Å². The molecule has 0 aromatic heterocycles. The van der Waals surface area contributed by atoms with Crippen molar-refractivity contribution in [3.8, 4) is 0 Å².